The van der Waals surface area contributed by atoms with E-state index < -0.39 is 0 Å². The fraction of sp³-hybridized carbons (Fsp3) is 0.400. The summed E-state index contributed by atoms with van der Waals surface area (Å²) in [5.41, 5.74) is 3.27. The zero-order chi connectivity index (χ0) is 13.8. The van der Waals surface area contributed by atoms with Crippen LogP contribution in [0.5, 0.6) is 0 Å². The van der Waals surface area contributed by atoms with E-state index in [4.69, 9.17) is 0 Å². The second-order valence-electron chi connectivity index (χ2n) is 4.79. The van der Waals surface area contributed by atoms with Crippen molar-refractivity contribution < 1.29 is 4.39 Å². The van der Waals surface area contributed by atoms with E-state index in [1.807, 2.05) is 30.9 Å². The molecule has 0 aliphatic rings. The molecule has 0 spiro atoms. The van der Waals surface area contributed by atoms with Crippen LogP contribution in [0.15, 0.2) is 30.5 Å². The Morgan fingerprint density at radius 2 is 2.21 bits per heavy atom. The Bertz CT molecular complexity index is 548. The largest absolute Gasteiger partial charge is 0.306 e. The average Bonchev–Trinajstić information content (AvgIpc) is 2.76. The van der Waals surface area contributed by atoms with E-state index in [0.29, 0.717) is 0 Å². The van der Waals surface area contributed by atoms with Gasteiger partial charge in [0.05, 0.1) is 5.69 Å². The molecule has 1 N–H and O–H groups in total. The van der Waals surface area contributed by atoms with Crippen LogP contribution in [0.1, 0.15) is 36.7 Å². The van der Waals surface area contributed by atoms with Crippen LogP contribution in [0, 0.1) is 5.82 Å². The molecule has 3 nitrogen and oxygen atoms in total. The molecule has 0 fully saturated rings. The molecule has 1 aromatic heterocycles. The van der Waals surface area contributed by atoms with Gasteiger partial charge in [0.1, 0.15) is 5.82 Å². The molecule has 0 aliphatic carbocycles. The maximum absolute atomic E-state index is 13.2. The van der Waals surface area contributed by atoms with Gasteiger partial charge in [-0.3, -0.25) is 4.68 Å². The van der Waals surface area contributed by atoms with Gasteiger partial charge in [-0.1, -0.05) is 19.1 Å². The van der Waals surface area contributed by atoms with E-state index in [1.54, 1.807) is 12.1 Å². The third kappa shape index (κ3) is 3.41. The third-order valence-electron chi connectivity index (χ3n) is 3.27. The lowest BCUT2D eigenvalue weighted by Crippen LogP contribution is -2.18. The summed E-state index contributed by atoms with van der Waals surface area (Å²) >= 11 is 0. The molecule has 102 valence electrons. The van der Waals surface area contributed by atoms with Gasteiger partial charge >= 0.3 is 0 Å². The van der Waals surface area contributed by atoms with Crippen molar-refractivity contribution in [3.05, 3.63) is 53.1 Å². The molecule has 0 amide bonds. The number of rotatable bonds is 5. The minimum Gasteiger partial charge on any atom is -0.306 e. The summed E-state index contributed by atoms with van der Waals surface area (Å²) in [4.78, 5) is 0. The van der Waals surface area contributed by atoms with E-state index in [2.05, 4.69) is 17.3 Å². The first-order valence-electron chi connectivity index (χ1n) is 6.60. The normalized spacial score (nSPS) is 12.6. The summed E-state index contributed by atoms with van der Waals surface area (Å²) in [6.45, 7) is 4.88. The molecule has 0 saturated heterocycles. The number of hydrogen-bond acceptors (Lipinski definition) is 2. The summed E-state index contributed by atoms with van der Waals surface area (Å²) in [6, 6.07) is 6.82. The van der Waals surface area contributed by atoms with Crippen LogP contribution in [0.3, 0.4) is 0 Å². The van der Waals surface area contributed by atoms with Gasteiger partial charge in [0, 0.05) is 31.4 Å². The standard InChI is InChI=1S/C15H20FN3/c1-4-15-13(10-19(3)18-15)9-17-11(2)12-6-5-7-14(16)8-12/h5-8,10-11,17H,4,9H2,1-3H3. The Morgan fingerprint density at radius 1 is 1.42 bits per heavy atom. The monoisotopic (exact) mass is 261 g/mol. The summed E-state index contributed by atoms with van der Waals surface area (Å²) < 4.78 is 15.0. The fourth-order valence-corrected chi connectivity index (χ4v) is 2.19. The van der Waals surface area contributed by atoms with Crippen LogP contribution in [-0.4, -0.2) is 9.78 Å². The highest BCUT2D eigenvalue weighted by Gasteiger charge is 2.09. The van der Waals surface area contributed by atoms with Crippen molar-refractivity contribution in [2.45, 2.75) is 32.9 Å². The van der Waals surface area contributed by atoms with Gasteiger partial charge in [0.25, 0.3) is 0 Å². The maximum atomic E-state index is 13.2. The Kier molecular flexibility index (Phi) is 4.32. The van der Waals surface area contributed by atoms with Crippen molar-refractivity contribution >= 4 is 0 Å². The molecule has 0 radical (unpaired) electrons. The molecule has 0 bridgehead atoms. The Hall–Kier alpha value is -1.68. The smallest absolute Gasteiger partial charge is 0.123 e. The number of nitrogens with zero attached hydrogens (tertiary/aromatic N) is 2. The van der Waals surface area contributed by atoms with Gasteiger partial charge in [0.15, 0.2) is 0 Å². The van der Waals surface area contributed by atoms with Gasteiger partial charge in [0.2, 0.25) is 0 Å². The van der Waals surface area contributed by atoms with Crippen LogP contribution in [0.25, 0.3) is 0 Å². The number of nitrogens with one attached hydrogen (secondary N) is 1. The van der Waals surface area contributed by atoms with E-state index in [0.717, 1.165) is 24.2 Å². The molecule has 0 saturated carbocycles. The molecule has 19 heavy (non-hydrogen) atoms. The van der Waals surface area contributed by atoms with E-state index in [1.165, 1.54) is 11.6 Å². The Balaban J connectivity index is 2.02. The zero-order valence-electron chi connectivity index (χ0n) is 11.7. The molecular formula is C15H20FN3. The highest BCUT2D eigenvalue weighted by atomic mass is 19.1. The summed E-state index contributed by atoms with van der Waals surface area (Å²) in [6.07, 6.45) is 2.95. The Labute approximate surface area is 113 Å². The van der Waals surface area contributed by atoms with Crippen molar-refractivity contribution in [3.63, 3.8) is 0 Å². The number of hydrogen-bond donors (Lipinski definition) is 1. The highest BCUT2D eigenvalue weighted by molar-refractivity contribution is 5.21. The number of halogens is 1. The molecule has 1 unspecified atom stereocenters. The van der Waals surface area contributed by atoms with Crippen LogP contribution in [0.4, 0.5) is 4.39 Å². The predicted molar refractivity (Wildman–Crippen MR) is 74.2 cm³/mol. The summed E-state index contributed by atoms with van der Waals surface area (Å²) in [5.74, 6) is -0.193. The first-order valence-corrected chi connectivity index (χ1v) is 6.60. The first-order chi connectivity index (χ1) is 9.10. The highest BCUT2D eigenvalue weighted by Crippen LogP contribution is 2.15. The quantitative estimate of drug-likeness (QED) is 0.896. The molecule has 4 heteroatoms. The SMILES string of the molecule is CCc1nn(C)cc1CNC(C)c1cccc(F)c1. The second-order valence-corrected chi connectivity index (χ2v) is 4.79. The van der Waals surface area contributed by atoms with Crippen molar-refractivity contribution in [2.75, 3.05) is 0 Å². The minimum absolute atomic E-state index is 0.112. The van der Waals surface area contributed by atoms with Crippen molar-refractivity contribution in [1.29, 1.82) is 0 Å². The van der Waals surface area contributed by atoms with E-state index >= 15 is 0 Å². The summed E-state index contributed by atoms with van der Waals surface area (Å²) in [7, 11) is 1.93. The average molecular weight is 261 g/mol. The van der Waals surface area contributed by atoms with Crippen LogP contribution >= 0.6 is 0 Å². The van der Waals surface area contributed by atoms with Gasteiger partial charge in [-0.15, -0.1) is 0 Å². The van der Waals surface area contributed by atoms with Crippen molar-refractivity contribution in [1.82, 2.24) is 15.1 Å². The lowest BCUT2D eigenvalue weighted by molar-refractivity contribution is 0.563. The molecule has 1 atom stereocenters. The Morgan fingerprint density at radius 3 is 2.89 bits per heavy atom. The number of aryl methyl sites for hydroxylation is 2. The molecule has 2 aromatic rings. The molecule has 2 rings (SSSR count). The van der Waals surface area contributed by atoms with Gasteiger partial charge in [-0.25, -0.2) is 4.39 Å². The van der Waals surface area contributed by atoms with Crippen molar-refractivity contribution in [2.24, 2.45) is 7.05 Å². The lowest BCUT2D eigenvalue weighted by atomic mass is 10.1. The fourth-order valence-electron chi connectivity index (χ4n) is 2.19. The zero-order valence-corrected chi connectivity index (χ0v) is 11.7. The van der Waals surface area contributed by atoms with Gasteiger partial charge in [-0.05, 0) is 31.0 Å². The van der Waals surface area contributed by atoms with Crippen molar-refractivity contribution in [3.8, 4) is 0 Å². The van der Waals surface area contributed by atoms with Gasteiger partial charge < -0.3 is 5.32 Å². The molecule has 1 aromatic carbocycles. The first kappa shape index (κ1) is 13.7. The molecule has 1 heterocycles. The summed E-state index contributed by atoms with van der Waals surface area (Å²) in [5, 5.41) is 7.82. The van der Waals surface area contributed by atoms with E-state index in [9.17, 15) is 4.39 Å². The second kappa shape index (κ2) is 5.97. The van der Waals surface area contributed by atoms with E-state index in [-0.39, 0.29) is 11.9 Å². The molecule has 0 aliphatic heterocycles. The third-order valence-corrected chi connectivity index (χ3v) is 3.27. The molecular weight excluding hydrogens is 241 g/mol. The van der Waals surface area contributed by atoms with Gasteiger partial charge in [-0.2, -0.15) is 5.10 Å². The lowest BCUT2D eigenvalue weighted by Gasteiger charge is -2.14. The van der Waals surface area contributed by atoms with Crippen LogP contribution in [-0.2, 0) is 20.0 Å². The van der Waals surface area contributed by atoms with Crippen LogP contribution < -0.4 is 5.32 Å². The van der Waals surface area contributed by atoms with Crippen LogP contribution in [0.2, 0.25) is 0 Å². The number of aromatic nitrogens is 2. The maximum Gasteiger partial charge on any atom is 0.123 e. The minimum atomic E-state index is -0.193. The predicted octanol–water partition coefficient (Wildman–Crippen LogP) is 2.97. The number of benzene rings is 1. The topological polar surface area (TPSA) is 29.9 Å².